The molecule has 13 heavy (non-hydrogen) atoms. The van der Waals surface area contributed by atoms with Crippen LogP contribution in [0.4, 0.5) is 0 Å². The lowest BCUT2D eigenvalue weighted by Crippen LogP contribution is -2.18. The fourth-order valence-electron chi connectivity index (χ4n) is 1.42. The number of hydrazone groups is 1. The highest BCUT2D eigenvalue weighted by molar-refractivity contribution is 6.03. The van der Waals surface area contributed by atoms with Crippen molar-refractivity contribution < 1.29 is 0 Å². The summed E-state index contributed by atoms with van der Waals surface area (Å²) >= 11 is 0. The predicted octanol–water partition coefficient (Wildman–Crippen LogP) is 2.14. The van der Waals surface area contributed by atoms with Gasteiger partial charge in [0, 0.05) is 12.1 Å². The minimum atomic E-state index is 0.392. The lowest BCUT2D eigenvalue weighted by Gasteiger charge is -2.14. The first-order chi connectivity index (χ1) is 6.38. The smallest absolute Gasteiger partial charge is 0.0745 e. The van der Waals surface area contributed by atoms with E-state index in [0.29, 0.717) is 5.92 Å². The highest BCUT2D eigenvalue weighted by atomic mass is 15.3. The molecular formula is C11H12N2. The largest absolute Gasteiger partial charge is 0.286 e. The summed E-state index contributed by atoms with van der Waals surface area (Å²) in [7, 11) is 0. The van der Waals surface area contributed by atoms with Gasteiger partial charge in [-0.3, -0.25) is 5.43 Å². The summed E-state index contributed by atoms with van der Waals surface area (Å²) in [4.78, 5) is 0. The van der Waals surface area contributed by atoms with Crippen LogP contribution in [0.3, 0.4) is 0 Å². The highest BCUT2D eigenvalue weighted by Gasteiger charge is 2.11. The van der Waals surface area contributed by atoms with E-state index in [1.165, 1.54) is 5.56 Å². The van der Waals surface area contributed by atoms with E-state index in [0.717, 1.165) is 5.71 Å². The summed E-state index contributed by atoms with van der Waals surface area (Å²) in [5, 5.41) is 4.26. The van der Waals surface area contributed by atoms with E-state index in [-0.39, 0.29) is 0 Å². The molecule has 0 radical (unpaired) electrons. The van der Waals surface area contributed by atoms with Crippen LogP contribution >= 0.6 is 0 Å². The van der Waals surface area contributed by atoms with Crippen molar-refractivity contribution in [3.8, 4) is 0 Å². The summed E-state index contributed by atoms with van der Waals surface area (Å²) in [6.45, 7) is 2.14. The topological polar surface area (TPSA) is 24.4 Å². The number of benzene rings is 1. The molecule has 0 unspecified atom stereocenters. The van der Waals surface area contributed by atoms with Gasteiger partial charge in [-0.05, 0) is 5.56 Å². The van der Waals surface area contributed by atoms with E-state index in [4.69, 9.17) is 0 Å². The first-order valence-electron chi connectivity index (χ1n) is 4.43. The molecule has 1 aliphatic rings. The SMILES string of the molecule is C[C@H]1C=CNN=C1c1ccccc1. The molecule has 0 spiro atoms. The fourth-order valence-corrected chi connectivity index (χ4v) is 1.42. The molecule has 0 amide bonds. The molecule has 1 atom stereocenters. The first-order valence-corrected chi connectivity index (χ1v) is 4.43. The normalized spacial score (nSPS) is 20.7. The van der Waals surface area contributed by atoms with Crippen molar-refractivity contribution in [2.75, 3.05) is 0 Å². The molecule has 1 aromatic carbocycles. The third-order valence-corrected chi connectivity index (χ3v) is 2.15. The molecule has 2 nitrogen and oxygen atoms in total. The van der Waals surface area contributed by atoms with E-state index in [9.17, 15) is 0 Å². The van der Waals surface area contributed by atoms with Gasteiger partial charge < -0.3 is 0 Å². The van der Waals surface area contributed by atoms with Crippen molar-refractivity contribution in [2.45, 2.75) is 6.92 Å². The zero-order valence-corrected chi connectivity index (χ0v) is 7.57. The molecule has 0 aromatic heterocycles. The minimum absolute atomic E-state index is 0.392. The van der Waals surface area contributed by atoms with Gasteiger partial charge in [0.25, 0.3) is 0 Å². The van der Waals surface area contributed by atoms with E-state index in [1.807, 2.05) is 24.4 Å². The van der Waals surface area contributed by atoms with Crippen LogP contribution in [0.15, 0.2) is 47.7 Å². The van der Waals surface area contributed by atoms with Crippen LogP contribution in [0.25, 0.3) is 0 Å². The Hall–Kier alpha value is -1.57. The average molecular weight is 172 g/mol. The summed E-state index contributed by atoms with van der Waals surface area (Å²) in [5.41, 5.74) is 5.16. The van der Waals surface area contributed by atoms with Crippen LogP contribution in [-0.2, 0) is 0 Å². The number of rotatable bonds is 1. The lowest BCUT2D eigenvalue weighted by molar-refractivity contribution is 0.855. The quantitative estimate of drug-likeness (QED) is 0.689. The zero-order chi connectivity index (χ0) is 9.10. The van der Waals surface area contributed by atoms with Gasteiger partial charge in [0.1, 0.15) is 0 Å². The van der Waals surface area contributed by atoms with Crippen LogP contribution in [0, 0.1) is 5.92 Å². The maximum atomic E-state index is 4.26. The Balaban J connectivity index is 2.32. The summed E-state index contributed by atoms with van der Waals surface area (Å²) in [6, 6.07) is 10.2. The molecule has 1 heterocycles. The molecule has 1 aromatic rings. The van der Waals surface area contributed by atoms with Gasteiger partial charge in [0.05, 0.1) is 5.71 Å². The van der Waals surface area contributed by atoms with E-state index >= 15 is 0 Å². The van der Waals surface area contributed by atoms with Crippen LogP contribution in [0.2, 0.25) is 0 Å². The second kappa shape index (κ2) is 3.44. The lowest BCUT2D eigenvalue weighted by atomic mass is 9.98. The molecule has 1 N–H and O–H groups in total. The Morgan fingerprint density at radius 1 is 1.23 bits per heavy atom. The van der Waals surface area contributed by atoms with Crippen molar-refractivity contribution >= 4 is 5.71 Å². The fraction of sp³-hybridized carbons (Fsp3) is 0.182. The number of nitrogens with zero attached hydrogens (tertiary/aromatic N) is 1. The van der Waals surface area contributed by atoms with Crippen molar-refractivity contribution in [1.29, 1.82) is 0 Å². The monoisotopic (exact) mass is 172 g/mol. The molecule has 66 valence electrons. The Morgan fingerprint density at radius 2 is 2.00 bits per heavy atom. The molecule has 0 saturated carbocycles. The van der Waals surface area contributed by atoms with Gasteiger partial charge in [0.15, 0.2) is 0 Å². The standard InChI is InChI=1S/C11H12N2/c1-9-7-8-12-13-11(9)10-5-3-2-4-6-10/h2-9,12H,1H3/t9-/m0/s1. The van der Waals surface area contributed by atoms with E-state index in [1.54, 1.807) is 0 Å². The highest BCUT2D eigenvalue weighted by Crippen LogP contribution is 2.12. The Morgan fingerprint density at radius 3 is 2.69 bits per heavy atom. The van der Waals surface area contributed by atoms with Crippen LogP contribution in [0.5, 0.6) is 0 Å². The summed E-state index contributed by atoms with van der Waals surface area (Å²) in [5.74, 6) is 0.392. The maximum Gasteiger partial charge on any atom is 0.0745 e. The van der Waals surface area contributed by atoms with E-state index in [2.05, 4.69) is 35.7 Å². The molecule has 0 bridgehead atoms. The number of nitrogens with one attached hydrogen (secondary N) is 1. The minimum Gasteiger partial charge on any atom is -0.286 e. The number of hydrogen-bond acceptors (Lipinski definition) is 2. The Kier molecular flexibility index (Phi) is 2.13. The second-order valence-electron chi connectivity index (χ2n) is 3.14. The molecule has 2 heteroatoms. The Labute approximate surface area is 78.0 Å². The molecular weight excluding hydrogens is 160 g/mol. The van der Waals surface area contributed by atoms with Crippen molar-refractivity contribution in [2.24, 2.45) is 11.0 Å². The van der Waals surface area contributed by atoms with Crippen LogP contribution in [0.1, 0.15) is 12.5 Å². The van der Waals surface area contributed by atoms with Crippen molar-refractivity contribution in [3.05, 3.63) is 48.2 Å². The zero-order valence-electron chi connectivity index (χ0n) is 7.57. The Bertz CT molecular complexity index is 338. The maximum absolute atomic E-state index is 4.26. The van der Waals surface area contributed by atoms with Gasteiger partial charge in [-0.15, -0.1) is 0 Å². The predicted molar refractivity (Wildman–Crippen MR) is 54.4 cm³/mol. The van der Waals surface area contributed by atoms with Gasteiger partial charge in [-0.1, -0.05) is 43.3 Å². The van der Waals surface area contributed by atoms with Gasteiger partial charge in [0.2, 0.25) is 0 Å². The van der Waals surface area contributed by atoms with Gasteiger partial charge in [-0.2, -0.15) is 5.10 Å². The number of allylic oxidation sites excluding steroid dienone is 1. The second-order valence-corrected chi connectivity index (χ2v) is 3.14. The molecule has 0 fully saturated rings. The van der Waals surface area contributed by atoms with Gasteiger partial charge in [-0.25, -0.2) is 0 Å². The van der Waals surface area contributed by atoms with Gasteiger partial charge >= 0.3 is 0 Å². The molecule has 0 saturated heterocycles. The van der Waals surface area contributed by atoms with Crippen molar-refractivity contribution in [3.63, 3.8) is 0 Å². The third kappa shape index (κ3) is 1.61. The number of hydrogen-bond donors (Lipinski definition) is 1. The first kappa shape index (κ1) is 8.05. The van der Waals surface area contributed by atoms with E-state index < -0.39 is 0 Å². The molecule has 0 aliphatic carbocycles. The van der Waals surface area contributed by atoms with Crippen molar-refractivity contribution in [1.82, 2.24) is 5.43 Å². The molecule has 1 aliphatic heterocycles. The average Bonchev–Trinajstić information content (AvgIpc) is 2.20. The van der Waals surface area contributed by atoms with Crippen LogP contribution < -0.4 is 5.43 Å². The molecule has 2 rings (SSSR count). The van der Waals surface area contributed by atoms with Crippen LogP contribution in [-0.4, -0.2) is 5.71 Å². The summed E-state index contributed by atoms with van der Waals surface area (Å²) < 4.78 is 0. The third-order valence-electron chi connectivity index (χ3n) is 2.15. The summed E-state index contributed by atoms with van der Waals surface area (Å²) in [6.07, 6.45) is 3.98.